The van der Waals surface area contributed by atoms with Crippen LogP contribution in [0.3, 0.4) is 0 Å². The number of carbonyl (C=O) groups excluding carboxylic acids is 1. The van der Waals surface area contributed by atoms with Crippen molar-refractivity contribution in [3.8, 4) is 0 Å². The Kier molecular flexibility index (Phi) is 5.24. The van der Waals surface area contributed by atoms with Gasteiger partial charge in [0.25, 0.3) is 5.91 Å². The fourth-order valence-corrected chi connectivity index (χ4v) is 2.63. The molecule has 1 aromatic heterocycles. The molecule has 0 aliphatic heterocycles. The lowest BCUT2D eigenvalue weighted by Crippen LogP contribution is -2.30. The summed E-state index contributed by atoms with van der Waals surface area (Å²) >= 11 is 11.8. The predicted octanol–water partition coefficient (Wildman–Crippen LogP) is 5.43. The second-order valence-corrected chi connectivity index (χ2v) is 6.25. The van der Waals surface area contributed by atoms with Crippen molar-refractivity contribution in [3.63, 3.8) is 0 Å². The van der Waals surface area contributed by atoms with Crippen LogP contribution in [0.25, 0.3) is 0 Å². The minimum absolute atomic E-state index is 0.0852. The number of rotatable bonds is 5. The molecule has 0 saturated carbocycles. The molecule has 1 amide bonds. The fourth-order valence-electron chi connectivity index (χ4n) is 2.38. The van der Waals surface area contributed by atoms with Gasteiger partial charge in [0.1, 0.15) is 5.76 Å². The molecule has 0 fully saturated rings. The van der Waals surface area contributed by atoms with Crippen LogP contribution in [0.4, 0.5) is 0 Å². The second-order valence-electron chi connectivity index (χ2n) is 5.37. The molecule has 0 bridgehead atoms. The van der Waals surface area contributed by atoms with E-state index in [1.54, 1.807) is 35.4 Å². The Morgan fingerprint density at radius 1 is 0.875 bits per heavy atom. The summed E-state index contributed by atoms with van der Waals surface area (Å²) in [5.41, 5.74) is 1.58. The Labute approximate surface area is 150 Å². The van der Waals surface area contributed by atoms with Crippen LogP contribution >= 0.6 is 23.2 Å². The molecule has 0 unspecified atom stereocenters. The highest BCUT2D eigenvalue weighted by Gasteiger charge is 2.18. The van der Waals surface area contributed by atoms with Gasteiger partial charge in [-0.25, -0.2) is 0 Å². The maximum absolute atomic E-state index is 12.9. The van der Waals surface area contributed by atoms with Crippen molar-refractivity contribution in [2.24, 2.45) is 0 Å². The molecule has 0 N–H and O–H groups in total. The molecule has 1 heterocycles. The number of carbonyl (C=O) groups is 1. The van der Waals surface area contributed by atoms with Gasteiger partial charge in [0, 0.05) is 22.2 Å². The monoisotopic (exact) mass is 359 g/mol. The first kappa shape index (κ1) is 16.6. The van der Waals surface area contributed by atoms with Crippen LogP contribution in [0.15, 0.2) is 71.3 Å². The van der Waals surface area contributed by atoms with E-state index in [0.717, 1.165) is 11.3 Å². The Morgan fingerprint density at radius 3 is 2.08 bits per heavy atom. The van der Waals surface area contributed by atoms with Crippen LogP contribution in [0.2, 0.25) is 10.0 Å². The number of benzene rings is 2. The number of nitrogens with zero attached hydrogens (tertiary/aromatic N) is 1. The third kappa shape index (κ3) is 4.19. The van der Waals surface area contributed by atoms with Crippen molar-refractivity contribution < 1.29 is 9.21 Å². The standard InChI is InChI=1S/C19H15Cl2NO2/c20-16-7-3-14(4-8-16)12-22(13-18-2-1-11-24-18)19(23)15-5-9-17(21)10-6-15/h1-11H,12-13H2. The van der Waals surface area contributed by atoms with E-state index in [-0.39, 0.29) is 5.91 Å². The molecule has 3 nitrogen and oxygen atoms in total. The van der Waals surface area contributed by atoms with Gasteiger partial charge < -0.3 is 9.32 Å². The van der Waals surface area contributed by atoms with Crippen molar-refractivity contribution in [2.75, 3.05) is 0 Å². The maximum Gasteiger partial charge on any atom is 0.254 e. The van der Waals surface area contributed by atoms with Crippen molar-refractivity contribution in [2.45, 2.75) is 13.1 Å². The third-order valence-corrected chi connectivity index (χ3v) is 4.10. The van der Waals surface area contributed by atoms with E-state index in [1.807, 2.05) is 36.4 Å². The summed E-state index contributed by atoms with van der Waals surface area (Å²) in [6.07, 6.45) is 1.60. The third-order valence-electron chi connectivity index (χ3n) is 3.59. The summed E-state index contributed by atoms with van der Waals surface area (Å²) in [7, 11) is 0. The average molecular weight is 360 g/mol. The minimum Gasteiger partial charge on any atom is -0.467 e. The van der Waals surface area contributed by atoms with Gasteiger partial charge in [-0.15, -0.1) is 0 Å². The minimum atomic E-state index is -0.0852. The lowest BCUT2D eigenvalue weighted by Gasteiger charge is -2.22. The van der Waals surface area contributed by atoms with Crippen LogP contribution in [-0.2, 0) is 13.1 Å². The van der Waals surface area contributed by atoms with Gasteiger partial charge in [-0.3, -0.25) is 4.79 Å². The summed E-state index contributed by atoms with van der Waals surface area (Å²) in [4.78, 5) is 14.6. The zero-order valence-electron chi connectivity index (χ0n) is 12.8. The number of halogens is 2. The first-order chi connectivity index (χ1) is 11.6. The Bertz CT molecular complexity index is 796. The molecule has 3 aromatic rings. The van der Waals surface area contributed by atoms with Gasteiger partial charge in [0.15, 0.2) is 0 Å². The van der Waals surface area contributed by atoms with Crippen LogP contribution < -0.4 is 0 Å². The predicted molar refractivity (Wildman–Crippen MR) is 95.2 cm³/mol. The lowest BCUT2D eigenvalue weighted by molar-refractivity contribution is 0.0717. The molecule has 24 heavy (non-hydrogen) atoms. The molecule has 3 rings (SSSR count). The number of hydrogen-bond acceptors (Lipinski definition) is 2. The van der Waals surface area contributed by atoms with E-state index in [1.165, 1.54) is 0 Å². The summed E-state index contributed by atoms with van der Waals surface area (Å²) in [6.45, 7) is 0.844. The maximum atomic E-state index is 12.9. The average Bonchev–Trinajstić information content (AvgIpc) is 3.09. The zero-order chi connectivity index (χ0) is 16.9. The van der Waals surface area contributed by atoms with Gasteiger partial charge in [-0.05, 0) is 54.1 Å². The molecule has 0 radical (unpaired) electrons. The lowest BCUT2D eigenvalue weighted by atomic mass is 10.1. The fraction of sp³-hybridized carbons (Fsp3) is 0.105. The van der Waals surface area contributed by atoms with Gasteiger partial charge in [0.05, 0.1) is 12.8 Å². The normalized spacial score (nSPS) is 10.6. The van der Waals surface area contributed by atoms with Crippen molar-refractivity contribution in [1.29, 1.82) is 0 Å². The summed E-state index contributed by atoms with van der Waals surface area (Å²) < 4.78 is 5.39. The molecule has 5 heteroatoms. The molecule has 122 valence electrons. The molecule has 0 spiro atoms. The smallest absolute Gasteiger partial charge is 0.254 e. The molecule has 0 aliphatic rings. The van der Waals surface area contributed by atoms with E-state index in [0.29, 0.717) is 28.7 Å². The van der Waals surface area contributed by atoms with Crippen LogP contribution in [0.5, 0.6) is 0 Å². The summed E-state index contributed by atoms with van der Waals surface area (Å²) in [6, 6.07) is 18.0. The van der Waals surface area contributed by atoms with Gasteiger partial charge >= 0.3 is 0 Å². The van der Waals surface area contributed by atoms with Crippen LogP contribution in [0.1, 0.15) is 21.7 Å². The van der Waals surface area contributed by atoms with E-state index in [9.17, 15) is 4.79 Å². The first-order valence-corrected chi connectivity index (χ1v) is 8.19. The van der Waals surface area contributed by atoms with E-state index in [4.69, 9.17) is 27.6 Å². The van der Waals surface area contributed by atoms with E-state index >= 15 is 0 Å². The van der Waals surface area contributed by atoms with Gasteiger partial charge in [-0.2, -0.15) is 0 Å². The quantitative estimate of drug-likeness (QED) is 0.608. The summed E-state index contributed by atoms with van der Waals surface area (Å²) in [5.74, 6) is 0.643. The van der Waals surface area contributed by atoms with Crippen LogP contribution in [-0.4, -0.2) is 10.8 Å². The SMILES string of the molecule is O=C(c1ccc(Cl)cc1)N(Cc1ccc(Cl)cc1)Cc1ccco1. The highest BCUT2D eigenvalue weighted by atomic mass is 35.5. The second kappa shape index (κ2) is 7.56. The Balaban J connectivity index is 1.84. The Morgan fingerprint density at radius 2 is 1.50 bits per heavy atom. The molecular weight excluding hydrogens is 345 g/mol. The summed E-state index contributed by atoms with van der Waals surface area (Å²) in [5, 5.41) is 1.27. The zero-order valence-corrected chi connectivity index (χ0v) is 14.3. The molecule has 0 saturated heterocycles. The Hall–Kier alpha value is -2.23. The van der Waals surface area contributed by atoms with E-state index < -0.39 is 0 Å². The largest absolute Gasteiger partial charge is 0.467 e. The molecular formula is C19H15Cl2NO2. The topological polar surface area (TPSA) is 33.5 Å². The number of hydrogen-bond donors (Lipinski definition) is 0. The highest BCUT2D eigenvalue weighted by Crippen LogP contribution is 2.18. The molecule has 0 aliphatic carbocycles. The van der Waals surface area contributed by atoms with Crippen LogP contribution in [0, 0.1) is 0 Å². The van der Waals surface area contributed by atoms with Gasteiger partial charge in [0.2, 0.25) is 0 Å². The number of furan rings is 1. The van der Waals surface area contributed by atoms with Crippen molar-refractivity contribution in [3.05, 3.63) is 93.9 Å². The molecule has 0 atom stereocenters. The number of amides is 1. The first-order valence-electron chi connectivity index (χ1n) is 7.43. The van der Waals surface area contributed by atoms with Crippen molar-refractivity contribution in [1.82, 2.24) is 4.90 Å². The van der Waals surface area contributed by atoms with Gasteiger partial charge in [-0.1, -0.05) is 35.3 Å². The van der Waals surface area contributed by atoms with Crippen molar-refractivity contribution >= 4 is 29.1 Å². The van der Waals surface area contributed by atoms with E-state index in [2.05, 4.69) is 0 Å². The highest BCUT2D eigenvalue weighted by molar-refractivity contribution is 6.30. The molecule has 2 aromatic carbocycles.